The maximum absolute atomic E-state index is 11.7. The fourth-order valence-electron chi connectivity index (χ4n) is 2.74. The molecular weight excluding hydrogens is 334 g/mol. The Labute approximate surface area is 141 Å². The molecule has 3 rings (SSSR count). The van der Waals surface area contributed by atoms with Gasteiger partial charge in [0.2, 0.25) is 0 Å². The van der Waals surface area contributed by atoms with Gasteiger partial charge >= 0.3 is 5.97 Å². The van der Waals surface area contributed by atoms with Crippen LogP contribution >= 0.6 is 22.7 Å². The van der Waals surface area contributed by atoms with Crippen molar-refractivity contribution in [1.82, 2.24) is 0 Å². The molecule has 1 aliphatic carbocycles. The number of thiophene rings is 2. The number of carbonyl (C=O) groups is 2. The van der Waals surface area contributed by atoms with Crippen molar-refractivity contribution in [2.75, 3.05) is 7.11 Å². The summed E-state index contributed by atoms with van der Waals surface area (Å²) in [7, 11) is 1.35. The van der Waals surface area contributed by atoms with Crippen LogP contribution in [0.15, 0.2) is 12.1 Å². The Morgan fingerprint density at radius 3 is 2.70 bits per heavy atom. The van der Waals surface area contributed by atoms with Gasteiger partial charge in [-0.3, -0.25) is 4.79 Å². The zero-order valence-corrected chi connectivity index (χ0v) is 14.0. The summed E-state index contributed by atoms with van der Waals surface area (Å²) in [6, 6.07) is 6.05. The first-order valence-electron chi connectivity index (χ1n) is 6.95. The smallest absolute Gasteiger partial charge is 0.348 e. The molecule has 1 aliphatic rings. The number of methoxy groups -OCH3 is 1. The van der Waals surface area contributed by atoms with Crippen molar-refractivity contribution in [1.29, 1.82) is 5.26 Å². The number of hydrogen-bond acceptors (Lipinski definition) is 7. The second-order valence-corrected chi connectivity index (χ2v) is 7.40. The van der Waals surface area contributed by atoms with Gasteiger partial charge in [-0.2, -0.15) is 5.26 Å². The van der Waals surface area contributed by atoms with Crippen LogP contribution in [0.2, 0.25) is 0 Å². The summed E-state index contributed by atoms with van der Waals surface area (Å²) >= 11 is 2.98. The lowest BCUT2D eigenvalue weighted by molar-refractivity contribution is -0.129. The molecule has 0 bridgehead atoms. The summed E-state index contributed by atoms with van der Waals surface area (Å²) in [5.41, 5.74) is 1.84. The molecule has 2 aromatic heterocycles. The molecule has 0 aromatic carbocycles. The largest absolute Gasteiger partial charge is 0.465 e. The third-order valence-corrected chi connectivity index (χ3v) is 6.12. The van der Waals surface area contributed by atoms with Crippen molar-refractivity contribution in [3.05, 3.63) is 42.8 Å². The molecule has 0 N–H and O–H groups in total. The molecule has 5 nitrogen and oxygen atoms in total. The molecule has 0 radical (unpaired) electrons. The van der Waals surface area contributed by atoms with Crippen molar-refractivity contribution >= 4 is 35.1 Å². The van der Waals surface area contributed by atoms with Crippen LogP contribution in [-0.2, 0) is 33.7 Å². The maximum atomic E-state index is 11.7. The molecule has 1 atom stereocenters. The Morgan fingerprint density at radius 1 is 1.35 bits per heavy atom. The van der Waals surface area contributed by atoms with Crippen molar-refractivity contribution in [3.63, 3.8) is 0 Å². The Kier molecular flexibility index (Phi) is 4.46. The Hall–Kier alpha value is -2.17. The van der Waals surface area contributed by atoms with E-state index < -0.39 is 5.92 Å². The van der Waals surface area contributed by atoms with Gasteiger partial charge < -0.3 is 9.47 Å². The monoisotopic (exact) mass is 347 g/mol. The minimum absolute atomic E-state index is 0.225. The van der Waals surface area contributed by atoms with Crippen LogP contribution in [0.5, 0.6) is 0 Å². The molecule has 0 saturated carbocycles. The molecule has 0 spiro atoms. The molecule has 0 amide bonds. The van der Waals surface area contributed by atoms with Gasteiger partial charge in [-0.05, 0) is 36.1 Å². The van der Waals surface area contributed by atoms with Crippen LogP contribution in [-0.4, -0.2) is 19.6 Å². The molecule has 7 heteroatoms. The van der Waals surface area contributed by atoms with Gasteiger partial charge in [0.15, 0.2) is 0 Å². The summed E-state index contributed by atoms with van der Waals surface area (Å²) in [6.45, 7) is 0.648. The van der Waals surface area contributed by atoms with E-state index in [1.807, 2.05) is 6.07 Å². The average Bonchev–Trinajstić information content (AvgIpc) is 3.13. The van der Waals surface area contributed by atoms with Gasteiger partial charge in [-0.1, -0.05) is 0 Å². The molecule has 0 saturated heterocycles. The lowest BCUT2D eigenvalue weighted by Gasteiger charge is -2.06. The van der Waals surface area contributed by atoms with Crippen LogP contribution < -0.4 is 0 Å². The Morgan fingerprint density at radius 2 is 2.04 bits per heavy atom. The van der Waals surface area contributed by atoms with Crippen LogP contribution in [0.3, 0.4) is 0 Å². The van der Waals surface area contributed by atoms with E-state index in [0.29, 0.717) is 11.3 Å². The first-order chi connectivity index (χ1) is 11.2. The number of ether oxygens (including phenoxy) is 2. The highest BCUT2D eigenvalue weighted by atomic mass is 32.1. The fraction of sp³-hybridized carbons (Fsp3) is 0.312. The number of rotatable bonds is 4. The SMILES string of the molecule is COC(=O)c1cc2c(s1)CCc1sc(COC=O)cc1C2C#N. The van der Waals surface area contributed by atoms with Crippen molar-refractivity contribution < 1.29 is 19.1 Å². The second kappa shape index (κ2) is 6.52. The van der Waals surface area contributed by atoms with Gasteiger partial charge in [-0.25, -0.2) is 4.79 Å². The number of nitriles is 1. The molecule has 0 aliphatic heterocycles. The number of carbonyl (C=O) groups excluding carboxylic acids is 2. The van der Waals surface area contributed by atoms with Gasteiger partial charge in [-0.15, -0.1) is 22.7 Å². The molecule has 0 fully saturated rings. The van der Waals surface area contributed by atoms with Crippen molar-refractivity contribution in [3.8, 4) is 6.07 Å². The molecule has 1 unspecified atom stereocenters. The lowest BCUT2D eigenvalue weighted by atomic mass is 9.94. The van der Waals surface area contributed by atoms with E-state index in [4.69, 9.17) is 9.47 Å². The van der Waals surface area contributed by atoms with E-state index in [2.05, 4.69) is 6.07 Å². The van der Waals surface area contributed by atoms with Crippen LogP contribution in [0, 0.1) is 11.3 Å². The highest BCUT2D eigenvalue weighted by molar-refractivity contribution is 7.14. The van der Waals surface area contributed by atoms with Crippen LogP contribution in [0.25, 0.3) is 0 Å². The van der Waals surface area contributed by atoms with Crippen molar-refractivity contribution in [2.24, 2.45) is 0 Å². The highest BCUT2D eigenvalue weighted by Gasteiger charge is 2.29. The summed E-state index contributed by atoms with van der Waals surface area (Å²) < 4.78 is 9.58. The predicted molar refractivity (Wildman–Crippen MR) is 85.7 cm³/mol. The first-order valence-corrected chi connectivity index (χ1v) is 8.58. The lowest BCUT2D eigenvalue weighted by Crippen LogP contribution is -1.99. The van der Waals surface area contributed by atoms with Gasteiger partial charge in [0.05, 0.1) is 19.1 Å². The van der Waals surface area contributed by atoms with Crippen LogP contribution in [0.1, 0.15) is 41.3 Å². The number of fused-ring (bicyclic) bond motifs is 2. The molecule has 118 valence electrons. The summed E-state index contributed by atoms with van der Waals surface area (Å²) in [6.07, 6.45) is 1.60. The van der Waals surface area contributed by atoms with Gasteiger partial charge in [0, 0.05) is 14.6 Å². The topological polar surface area (TPSA) is 76.4 Å². The van der Waals surface area contributed by atoms with Gasteiger partial charge in [0.25, 0.3) is 6.47 Å². The molecule has 2 aromatic rings. The quantitative estimate of drug-likeness (QED) is 0.628. The van der Waals surface area contributed by atoms with Crippen LogP contribution in [0.4, 0.5) is 0 Å². The standard InChI is InChI=1S/C16H13NO4S2/c1-20-16(19)15-5-11-12(6-17)10-4-9(7-21-8-18)22-13(10)2-3-14(11)23-15/h4-5,8,12H,2-3,7H2,1H3. The van der Waals surface area contributed by atoms with E-state index in [9.17, 15) is 14.9 Å². The summed E-state index contributed by atoms with van der Waals surface area (Å²) in [5.74, 6) is -0.774. The fourth-order valence-corrected chi connectivity index (χ4v) is 4.99. The van der Waals surface area contributed by atoms with E-state index in [-0.39, 0.29) is 12.6 Å². The minimum atomic E-state index is -0.404. The molecule has 23 heavy (non-hydrogen) atoms. The number of esters is 1. The van der Waals surface area contributed by atoms with E-state index in [1.54, 1.807) is 17.4 Å². The number of hydrogen-bond donors (Lipinski definition) is 0. The predicted octanol–water partition coefficient (Wildman–Crippen LogP) is 3.02. The van der Waals surface area contributed by atoms with Crippen molar-refractivity contribution in [2.45, 2.75) is 25.4 Å². The zero-order chi connectivity index (χ0) is 16.4. The minimum Gasteiger partial charge on any atom is -0.465 e. The average molecular weight is 347 g/mol. The third kappa shape index (κ3) is 2.87. The third-order valence-electron chi connectivity index (χ3n) is 3.74. The van der Waals surface area contributed by atoms with E-state index >= 15 is 0 Å². The van der Waals surface area contributed by atoms with E-state index in [1.165, 1.54) is 18.4 Å². The molecular formula is C16H13NO4S2. The van der Waals surface area contributed by atoms with Gasteiger partial charge in [0.1, 0.15) is 11.5 Å². The zero-order valence-electron chi connectivity index (χ0n) is 12.3. The normalized spacial score (nSPS) is 15.7. The first kappa shape index (κ1) is 15.7. The Balaban J connectivity index is 2.01. The maximum Gasteiger partial charge on any atom is 0.348 e. The number of nitrogens with zero attached hydrogens (tertiary/aromatic N) is 1. The highest BCUT2D eigenvalue weighted by Crippen LogP contribution is 2.41. The summed E-state index contributed by atoms with van der Waals surface area (Å²) in [4.78, 5) is 25.7. The van der Waals surface area contributed by atoms with E-state index in [0.717, 1.165) is 38.6 Å². The summed E-state index contributed by atoms with van der Waals surface area (Å²) in [5, 5.41) is 9.66. The molecule has 2 heterocycles. The Bertz CT molecular complexity index is 800. The second-order valence-electron chi connectivity index (χ2n) is 5.04. The number of aryl methyl sites for hydroxylation is 2.